The summed E-state index contributed by atoms with van der Waals surface area (Å²) in [5, 5.41) is 4.18. The highest BCUT2D eigenvalue weighted by Crippen LogP contribution is 2.19. The summed E-state index contributed by atoms with van der Waals surface area (Å²) in [4.78, 5) is 0. The molecule has 1 aromatic rings. The Kier molecular flexibility index (Phi) is 3.91. The molecule has 0 radical (unpaired) electrons. The first-order valence-corrected chi connectivity index (χ1v) is 6.55. The molecule has 0 aliphatic carbocycles. The van der Waals surface area contributed by atoms with E-state index < -0.39 is 11.0 Å². The molecule has 0 saturated heterocycles. The predicted octanol–water partition coefficient (Wildman–Crippen LogP) is 1.84. The molecule has 4 nitrogen and oxygen atoms in total. The molecule has 1 N–H and O–H groups in total. The first-order chi connectivity index (χ1) is 7.23. The molecule has 0 spiro atoms. The van der Waals surface area contributed by atoms with Gasteiger partial charge in [-0.25, -0.2) is 8.93 Å². The molecular weight excluding hydrogens is 222 g/mol. The minimum atomic E-state index is -1.05. The lowest BCUT2D eigenvalue weighted by molar-refractivity contribution is 0.614. The largest absolute Gasteiger partial charge is 0.273 e. The topological polar surface area (TPSA) is 46.9 Å². The Morgan fingerprint density at radius 3 is 2.44 bits per heavy atom. The van der Waals surface area contributed by atoms with E-state index in [4.69, 9.17) is 0 Å². The molecular formula is C11H21N3OS. The van der Waals surface area contributed by atoms with Crippen molar-refractivity contribution >= 4 is 11.0 Å². The van der Waals surface area contributed by atoms with Crippen molar-refractivity contribution in [3.05, 3.63) is 17.5 Å². The maximum Gasteiger partial charge on any atom is 0.0975 e. The Hall–Kier alpha value is -0.680. The van der Waals surface area contributed by atoms with Crippen LogP contribution in [0.4, 0.5) is 0 Å². The summed E-state index contributed by atoms with van der Waals surface area (Å²) in [6.45, 7) is 9.89. The van der Waals surface area contributed by atoms with Gasteiger partial charge in [-0.15, -0.1) is 0 Å². The molecule has 1 rings (SSSR count). The maximum absolute atomic E-state index is 11.9. The fraction of sp³-hybridized carbons (Fsp3) is 0.727. The van der Waals surface area contributed by atoms with Gasteiger partial charge in [-0.3, -0.25) is 4.68 Å². The van der Waals surface area contributed by atoms with Crippen molar-refractivity contribution in [2.45, 2.75) is 45.4 Å². The van der Waals surface area contributed by atoms with Crippen LogP contribution in [-0.2, 0) is 18.0 Å². The first kappa shape index (κ1) is 13.4. The number of nitrogens with one attached hydrogen (secondary N) is 1. The van der Waals surface area contributed by atoms with E-state index >= 15 is 0 Å². The van der Waals surface area contributed by atoms with Gasteiger partial charge >= 0.3 is 0 Å². The first-order valence-electron chi connectivity index (χ1n) is 5.40. The fourth-order valence-electron chi connectivity index (χ4n) is 1.34. The monoisotopic (exact) mass is 243 g/mol. The van der Waals surface area contributed by atoms with Gasteiger partial charge in [0.2, 0.25) is 0 Å². The van der Waals surface area contributed by atoms with Crippen LogP contribution in [0.5, 0.6) is 0 Å². The number of aromatic nitrogens is 2. The van der Waals surface area contributed by atoms with E-state index in [-0.39, 0.29) is 10.8 Å². The molecule has 0 saturated carbocycles. The fourth-order valence-corrected chi connectivity index (χ4v) is 2.14. The Bertz CT molecular complexity index is 392. The molecule has 0 fully saturated rings. The summed E-state index contributed by atoms with van der Waals surface area (Å²) in [7, 11) is 0.855. The van der Waals surface area contributed by atoms with E-state index in [9.17, 15) is 4.21 Å². The van der Waals surface area contributed by atoms with Gasteiger partial charge in [-0.1, -0.05) is 0 Å². The van der Waals surface area contributed by atoms with Crippen LogP contribution in [0.2, 0.25) is 0 Å². The summed E-state index contributed by atoms with van der Waals surface area (Å²) >= 11 is 0. The Morgan fingerprint density at radius 1 is 1.50 bits per heavy atom. The summed E-state index contributed by atoms with van der Waals surface area (Å²) in [5.74, 6) is 0. The Morgan fingerprint density at radius 2 is 2.06 bits per heavy atom. The van der Waals surface area contributed by atoms with Gasteiger partial charge in [-0.05, 0) is 34.6 Å². The summed E-state index contributed by atoms with van der Waals surface area (Å²) in [5.41, 5.74) is 2.20. The molecule has 16 heavy (non-hydrogen) atoms. The summed E-state index contributed by atoms with van der Waals surface area (Å²) < 4.78 is 16.6. The molecule has 1 aromatic heterocycles. The van der Waals surface area contributed by atoms with Crippen LogP contribution in [0.15, 0.2) is 6.20 Å². The zero-order valence-corrected chi connectivity index (χ0v) is 11.7. The third kappa shape index (κ3) is 2.92. The van der Waals surface area contributed by atoms with E-state index in [1.807, 2.05) is 52.5 Å². The molecule has 0 aromatic carbocycles. The number of hydrogen-bond acceptors (Lipinski definition) is 2. The third-order valence-corrected chi connectivity index (χ3v) is 4.26. The van der Waals surface area contributed by atoms with Gasteiger partial charge in [0, 0.05) is 24.3 Å². The van der Waals surface area contributed by atoms with Crippen LogP contribution < -0.4 is 4.72 Å². The quantitative estimate of drug-likeness (QED) is 0.880. The maximum atomic E-state index is 11.9. The molecule has 1 heterocycles. The van der Waals surface area contributed by atoms with Crippen LogP contribution in [0.3, 0.4) is 0 Å². The van der Waals surface area contributed by atoms with Gasteiger partial charge in [0.05, 0.1) is 21.9 Å². The second-order valence-corrected chi connectivity index (χ2v) is 7.03. The van der Waals surface area contributed by atoms with Crippen LogP contribution in [0.25, 0.3) is 0 Å². The number of aryl methyl sites for hydroxylation is 1. The third-order valence-electron chi connectivity index (χ3n) is 2.58. The van der Waals surface area contributed by atoms with E-state index in [0.29, 0.717) is 0 Å². The van der Waals surface area contributed by atoms with Crippen LogP contribution in [0.1, 0.15) is 45.0 Å². The molecule has 0 bridgehead atoms. The van der Waals surface area contributed by atoms with Crippen LogP contribution >= 0.6 is 0 Å². The second kappa shape index (κ2) is 4.67. The van der Waals surface area contributed by atoms with E-state index in [0.717, 1.165) is 11.3 Å². The highest BCUT2D eigenvalue weighted by molar-refractivity contribution is 7.84. The van der Waals surface area contributed by atoms with Crippen molar-refractivity contribution in [3.8, 4) is 0 Å². The Labute approximate surface area is 100 Å². The lowest BCUT2D eigenvalue weighted by Gasteiger charge is -2.21. The van der Waals surface area contributed by atoms with Crippen molar-refractivity contribution in [1.82, 2.24) is 14.5 Å². The average molecular weight is 243 g/mol. The second-order valence-electron chi connectivity index (χ2n) is 5.03. The lowest BCUT2D eigenvalue weighted by atomic mass is 10.1. The van der Waals surface area contributed by atoms with E-state index in [2.05, 4.69) is 9.82 Å². The van der Waals surface area contributed by atoms with Gasteiger partial charge < -0.3 is 0 Å². The van der Waals surface area contributed by atoms with Crippen molar-refractivity contribution in [3.63, 3.8) is 0 Å². The highest BCUT2D eigenvalue weighted by atomic mass is 32.2. The summed E-state index contributed by atoms with van der Waals surface area (Å²) in [6, 6.07) is 0.0498. The van der Waals surface area contributed by atoms with Gasteiger partial charge in [-0.2, -0.15) is 5.10 Å². The molecule has 2 unspecified atom stereocenters. The van der Waals surface area contributed by atoms with Crippen molar-refractivity contribution in [2.24, 2.45) is 7.05 Å². The van der Waals surface area contributed by atoms with Gasteiger partial charge in [0.15, 0.2) is 0 Å². The number of hydrogen-bond donors (Lipinski definition) is 1. The van der Waals surface area contributed by atoms with Gasteiger partial charge in [0.1, 0.15) is 0 Å². The minimum absolute atomic E-state index is 0.0498. The zero-order chi connectivity index (χ0) is 12.5. The molecule has 92 valence electrons. The normalized spacial score (nSPS) is 16.1. The number of rotatable bonds is 3. The Balaban J connectivity index is 2.77. The molecule has 0 aliphatic rings. The molecule has 5 heteroatoms. The molecule has 0 aliphatic heterocycles. The SMILES string of the molecule is Cc1c(C(C)NS(=O)C(C)(C)C)cnn1C. The molecule has 2 atom stereocenters. The smallest absolute Gasteiger partial charge is 0.0975 e. The van der Waals surface area contributed by atoms with Crippen LogP contribution in [0, 0.1) is 6.92 Å². The van der Waals surface area contributed by atoms with E-state index in [1.165, 1.54) is 0 Å². The summed E-state index contributed by atoms with van der Waals surface area (Å²) in [6.07, 6.45) is 1.83. The van der Waals surface area contributed by atoms with Crippen LogP contribution in [-0.4, -0.2) is 18.7 Å². The average Bonchev–Trinajstić information content (AvgIpc) is 2.46. The van der Waals surface area contributed by atoms with Gasteiger partial charge in [0.25, 0.3) is 0 Å². The van der Waals surface area contributed by atoms with Crippen molar-refractivity contribution < 1.29 is 4.21 Å². The van der Waals surface area contributed by atoms with Crippen molar-refractivity contribution in [1.29, 1.82) is 0 Å². The van der Waals surface area contributed by atoms with E-state index in [1.54, 1.807) is 0 Å². The lowest BCUT2D eigenvalue weighted by Crippen LogP contribution is -2.34. The predicted molar refractivity (Wildman–Crippen MR) is 67.4 cm³/mol. The zero-order valence-electron chi connectivity index (χ0n) is 10.9. The van der Waals surface area contributed by atoms with Crippen molar-refractivity contribution in [2.75, 3.05) is 0 Å². The highest BCUT2D eigenvalue weighted by Gasteiger charge is 2.22. The number of nitrogens with zero attached hydrogens (tertiary/aromatic N) is 2. The minimum Gasteiger partial charge on any atom is -0.273 e. The molecule has 0 amide bonds. The standard InChI is InChI=1S/C11H21N3OS/c1-8(13-16(15)11(3,4)5)10-7-12-14(6)9(10)2/h7-8,13H,1-6H3.